The van der Waals surface area contributed by atoms with Crippen molar-refractivity contribution >= 4 is 11.6 Å². The molecule has 0 fully saturated rings. The Morgan fingerprint density at radius 3 is 2.90 bits per heavy atom. The van der Waals surface area contributed by atoms with Gasteiger partial charge in [0, 0.05) is 0 Å². The van der Waals surface area contributed by atoms with Crippen LogP contribution >= 0.6 is 0 Å². The Bertz CT molecular complexity index is 779. The fraction of sp³-hybridized carbons (Fsp3) is 0.167. The Morgan fingerprint density at radius 2 is 2.10 bits per heavy atom. The quantitative estimate of drug-likeness (QED) is 0.728. The number of fused-ring (bicyclic) bond motifs is 1. The number of carbonyl (C=O) groups is 1. The fourth-order valence-electron chi connectivity index (χ4n) is 2.00. The molecule has 1 aliphatic rings. The van der Waals surface area contributed by atoms with Gasteiger partial charge in [0.1, 0.15) is 12.4 Å². The van der Waals surface area contributed by atoms with Gasteiger partial charge in [-0.1, -0.05) is 12.1 Å². The standard InChI is InChI=1S/C12H10N4O4/c17-10-9(14-15-12(19)13-10)11(18)16-5-6-20-8-4-2-1-3-7(8)16/h1-4H,5-6H2,(H2,13,15,17,19). The highest BCUT2D eigenvalue weighted by molar-refractivity contribution is 6.05. The lowest BCUT2D eigenvalue weighted by molar-refractivity contribution is 0.0969. The van der Waals surface area contributed by atoms with Crippen LogP contribution in [0.5, 0.6) is 5.75 Å². The molecule has 1 aromatic heterocycles. The van der Waals surface area contributed by atoms with Crippen LogP contribution in [-0.4, -0.2) is 34.2 Å². The SMILES string of the molecule is O=C(c1n[nH]c(=O)[nH]c1=O)N1CCOc2ccccc21. The minimum absolute atomic E-state index is 0.302. The van der Waals surface area contributed by atoms with Gasteiger partial charge in [0.15, 0.2) is 0 Å². The van der Waals surface area contributed by atoms with Crippen molar-refractivity contribution < 1.29 is 9.53 Å². The van der Waals surface area contributed by atoms with Gasteiger partial charge in [-0.3, -0.25) is 19.5 Å². The molecule has 1 amide bonds. The number of benzene rings is 1. The van der Waals surface area contributed by atoms with Crippen LogP contribution in [0, 0.1) is 0 Å². The zero-order chi connectivity index (χ0) is 14.1. The molecular weight excluding hydrogens is 264 g/mol. The van der Waals surface area contributed by atoms with Gasteiger partial charge in [0.25, 0.3) is 11.5 Å². The minimum Gasteiger partial charge on any atom is -0.490 e. The van der Waals surface area contributed by atoms with Crippen molar-refractivity contribution in [1.29, 1.82) is 0 Å². The summed E-state index contributed by atoms with van der Waals surface area (Å²) in [5.41, 5.74) is -1.37. The number of hydrogen-bond acceptors (Lipinski definition) is 5. The molecule has 2 aromatic rings. The van der Waals surface area contributed by atoms with Crippen molar-refractivity contribution in [2.24, 2.45) is 0 Å². The van der Waals surface area contributed by atoms with Crippen LogP contribution < -0.4 is 20.9 Å². The maximum atomic E-state index is 12.4. The molecule has 0 saturated carbocycles. The van der Waals surface area contributed by atoms with Crippen molar-refractivity contribution in [3.05, 3.63) is 50.8 Å². The Labute approximate surface area is 112 Å². The summed E-state index contributed by atoms with van der Waals surface area (Å²) in [4.78, 5) is 38.3. The molecule has 0 bridgehead atoms. The normalized spacial score (nSPS) is 13.5. The summed E-state index contributed by atoms with van der Waals surface area (Å²) >= 11 is 0. The lowest BCUT2D eigenvalue weighted by atomic mass is 10.2. The van der Waals surface area contributed by atoms with E-state index in [0.29, 0.717) is 24.6 Å². The first kappa shape index (κ1) is 12.2. The summed E-state index contributed by atoms with van der Waals surface area (Å²) in [6.07, 6.45) is 0. The molecule has 0 spiro atoms. The predicted octanol–water partition coefficient (Wildman–Crippen LogP) is -0.503. The van der Waals surface area contributed by atoms with E-state index in [0.717, 1.165) is 0 Å². The molecule has 1 aliphatic heterocycles. The summed E-state index contributed by atoms with van der Waals surface area (Å²) < 4.78 is 5.43. The van der Waals surface area contributed by atoms with Crippen molar-refractivity contribution in [2.75, 3.05) is 18.1 Å². The number of amides is 1. The monoisotopic (exact) mass is 274 g/mol. The Hall–Kier alpha value is -2.90. The third-order valence-electron chi connectivity index (χ3n) is 2.89. The van der Waals surface area contributed by atoms with Crippen LogP contribution in [0.15, 0.2) is 33.9 Å². The average molecular weight is 274 g/mol. The summed E-state index contributed by atoms with van der Waals surface area (Å²) in [5, 5.41) is 5.56. The Kier molecular flexibility index (Phi) is 2.82. The maximum absolute atomic E-state index is 12.4. The Morgan fingerprint density at radius 1 is 1.30 bits per heavy atom. The van der Waals surface area contributed by atoms with Gasteiger partial charge in [-0.25, -0.2) is 9.89 Å². The molecule has 3 rings (SSSR count). The third-order valence-corrected chi connectivity index (χ3v) is 2.89. The first-order valence-corrected chi connectivity index (χ1v) is 5.89. The van der Waals surface area contributed by atoms with Crippen LogP contribution in [0.1, 0.15) is 10.5 Å². The van der Waals surface area contributed by atoms with Crippen molar-refractivity contribution in [1.82, 2.24) is 15.2 Å². The van der Waals surface area contributed by atoms with Gasteiger partial charge in [0.05, 0.1) is 12.2 Å². The number of nitrogens with zero attached hydrogens (tertiary/aromatic N) is 2. The molecule has 2 N–H and O–H groups in total. The van der Waals surface area contributed by atoms with E-state index in [1.807, 2.05) is 10.1 Å². The second-order valence-electron chi connectivity index (χ2n) is 4.13. The van der Waals surface area contributed by atoms with E-state index in [1.54, 1.807) is 24.3 Å². The first-order chi connectivity index (χ1) is 9.66. The lowest BCUT2D eigenvalue weighted by Gasteiger charge is -2.28. The summed E-state index contributed by atoms with van der Waals surface area (Å²) in [7, 11) is 0. The van der Waals surface area contributed by atoms with E-state index in [1.165, 1.54) is 4.90 Å². The highest BCUT2D eigenvalue weighted by atomic mass is 16.5. The van der Waals surface area contributed by atoms with Crippen molar-refractivity contribution in [3.8, 4) is 5.75 Å². The lowest BCUT2D eigenvalue weighted by Crippen LogP contribution is -2.42. The number of nitrogens with one attached hydrogen (secondary N) is 2. The molecule has 0 radical (unpaired) electrons. The number of aromatic amines is 2. The molecule has 2 heterocycles. The van der Waals surface area contributed by atoms with E-state index in [4.69, 9.17) is 4.74 Å². The zero-order valence-electron chi connectivity index (χ0n) is 10.3. The Balaban J connectivity index is 2.04. The average Bonchev–Trinajstić information content (AvgIpc) is 2.46. The molecule has 0 atom stereocenters. The number of anilines is 1. The van der Waals surface area contributed by atoms with Crippen LogP contribution in [0.25, 0.3) is 0 Å². The smallest absolute Gasteiger partial charge is 0.342 e. The van der Waals surface area contributed by atoms with Gasteiger partial charge in [0.2, 0.25) is 5.69 Å². The van der Waals surface area contributed by atoms with Gasteiger partial charge >= 0.3 is 5.69 Å². The van der Waals surface area contributed by atoms with Crippen LogP contribution in [0.3, 0.4) is 0 Å². The molecule has 8 nitrogen and oxygen atoms in total. The van der Waals surface area contributed by atoms with Gasteiger partial charge < -0.3 is 4.74 Å². The van der Waals surface area contributed by atoms with Gasteiger partial charge in [-0.05, 0) is 12.1 Å². The molecule has 102 valence electrons. The fourth-order valence-corrected chi connectivity index (χ4v) is 2.00. The largest absolute Gasteiger partial charge is 0.490 e. The summed E-state index contributed by atoms with van der Waals surface area (Å²) in [6, 6.07) is 7.00. The molecular formula is C12H10N4O4. The van der Waals surface area contributed by atoms with E-state index in [9.17, 15) is 14.4 Å². The van der Waals surface area contributed by atoms with E-state index >= 15 is 0 Å². The summed E-state index contributed by atoms with van der Waals surface area (Å²) in [6.45, 7) is 0.625. The minimum atomic E-state index is -0.817. The first-order valence-electron chi connectivity index (χ1n) is 5.89. The summed E-state index contributed by atoms with van der Waals surface area (Å²) in [5.74, 6) is -0.0220. The van der Waals surface area contributed by atoms with Crippen LogP contribution in [0.2, 0.25) is 0 Å². The maximum Gasteiger partial charge on any atom is 0.342 e. The molecule has 8 heteroatoms. The predicted molar refractivity (Wildman–Crippen MR) is 69.1 cm³/mol. The molecule has 20 heavy (non-hydrogen) atoms. The number of para-hydroxylation sites is 2. The molecule has 0 saturated heterocycles. The van der Waals surface area contributed by atoms with E-state index in [2.05, 4.69) is 5.10 Å². The molecule has 1 aromatic carbocycles. The highest BCUT2D eigenvalue weighted by Crippen LogP contribution is 2.31. The number of hydrogen-bond donors (Lipinski definition) is 2. The number of rotatable bonds is 1. The van der Waals surface area contributed by atoms with Crippen LogP contribution in [0.4, 0.5) is 5.69 Å². The second kappa shape index (κ2) is 4.65. The van der Waals surface area contributed by atoms with E-state index < -0.39 is 17.2 Å². The van der Waals surface area contributed by atoms with Crippen LogP contribution in [-0.2, 0) is 0 Å². The van der Waals surface area contributed by atoms with Crippen molar-refractivity contribution in [3.63, 3.8) is 0 Å². The topological polar surface area (TPSA) is 108 Å². The number of ether oxygens (including phenoxy) is 1. The highest BCUT2D eigenvalue weighted by Gasteiger charge is 2.27. The number of H-pyrrole nitrogens is 2. The van der Waals surface area contributed by atoms with Gasteiger partial charge in [-0.2, -0.15) is 5.10 Å². The third kappa shape index (κ3) is 1.96. The number of aromatic nitrogens is 3. The zero-order valence-corrected chi connectivity index (χ0v) is 10.3. The van der Waals surface area contributed by atoms with Crippen molar-refractivity contribution in [2.45, 2.75) is 0 Å². The molecule has 0 unspecified atom stereocenters. The molecule has 0 aliphatic carbocycles. The van der Waals surface area contributed by atoms with E-state index in [-0.39, 0.29) is 5.69 Å². The van der Waals surface area contributed by atoms with Gasteiger partial charge in [-0.15, -0.1) is 0 Å². The second-order valence-corrected chi connectivity index (χ2v) is 4.13. The number of carbonyl (C=O) groups excluding carboxylic acids is 1.